The molecule has 0 rings (SSSR count). The number of rotatable bonds is 6. The Labute approximate surface area is 82.5 Å². The highest BCUT2D eigenvalue weighted by Gasteiger charge is 2.20. The molecule has 0 saturated heterocycles. The Morgan fingerprint density at radius 3 is 1.92 bits per heavy atom. The van der Waals surface area contributed by atoms with Gasteiger partial charge < -0.3 is 10.8 Å². The fourth-order valence-electron chi connectivity index (χ4n) is 1.59. The molecule has 0 aliphatic rings. The smallest absolute Gasteiger partial charge is 0.0583 e. The van der Waals surface area contributed by atoms with E-state index in [-0.39, 0.29) is 12.0 Å². The Kier molecular flexibility index (Phi) is 6.35. The average Bonchev–Trinajstić information content (AvgIpc) is 2.01. The zero-order valence-corrected chi connectivity index (χ0v) is 9.46. The largest absolute Gasteiger partial charge is 0.393 e. The second kappa shape index (κ2) is 6.39. The van der Waals surface area contributed by atoms with Crippen molar-refractivity contribution in [3.63, 3.8) is 0 Å². The fraction of sp³-hybridized carbons (Fsp3) is 1.00. The molecule has 2 unspecified atom stereocenters. The second-order valence-corrected chi connectivity index (χ2v) is 4.68. The fourth-order valence-corrected chi connectivity index (χ4v) is 1.59. The van der Waals surface area contributed by atoms with Crippen LogP contribution in [0.3, 0.4) is 0 Å². The van der Waals surface area contributed by atoms with Gasteiger partial charge in [-0.05, 0) is 37.1 Å². The predicted octanol–water partition coefficient (Wildman–Crippen LogP) is 2.01. The van der Waals surface area contributed by atoms with Gasteiger partial charge in [-0.15, -0.1) is 0 Å². The van der Waals surface area contributed by atoms with Gasteiger partial charge in [-0.3, -0.25) is 0 Å². The third kappa shape index (κ3) is 5.27. The molecule has 0 bridgehead atoms. The summed E-state index contributed by atoms with van der Waals surface area (Å²) in [4.78, 5) is 0. The van der Waals surface area contributed by atoms with E-state index in [2.05, 4.69) is 27.7 Å². The molecule has 0 saturated carbocycles. The summed E-state index contributed by atoms with van der Waals surface area (Å²) < 4.78 is 0. The maximum atomic E-state index is 9.85. The molecule has 0 aliphatic carbocycles. The van der Waals surface area contributed by atoms with Crippen molar-refractivity contribution in [2.75, 3.05) is 6.54 Å². The van der Waals surface area contributed by atoms with Crippen LogP contribution in [0, 0.1) is 17.8 Å². The number of nitrogens with two attached hydrogens (primary N) is 1. The van der Waals surface area contributed by atoms with Crippen LogP contribution >= 0.6 is 0 Å². The van der Waals surface area contributed by atoms with Crippen molar-refractivity contribution in [1.29, 1.82) is 0 Å². The van der Waals surface area contributed by atoms with Gasteiger partial charge in [-0.25, -0.2) is 0 Å². The van der Waals surface area contributed by atoms with Gasteiger partial charge in [-0.2, -0.15) is 0 Å². The Bertz CT molecular complexity index is 123. The molecule has 80 valence electrons. The first-order valence-corrected chi connectivity index (χ1v) is 5.37. The molecule has 0 spiro atoms. The van der Waals surface area contributed by atoms with E-state index in [9.17, 15) is 5.11 Å². The lowest BCUT2D eigenvalue weighted by molar-refractivity contribution is 0.0733. The highest BCUT2D eigenvalue weighted by molar-refractivity contribution is 4.73. The van der Waals surface area contributed by atoms with Crippen molar-refractivity contribution in [3.05, 3.63) is 0 Å². The van der Waals surface area contributed by atoms with Crippen LogP contribution in [-0.2, 0) is 0 Å². The van der Waals surface area contributed by atoms with Crippen LogP contribution in [0.4, 0.5) is 0 Å². The van der Waals surface area contributed by atoms with Gasteiger partial charge in [0.1, 0.15) is 0 Å². The van der Waals surface area contributed by atoms with Gasteiger partial charge in [-0.1, -0.05) is 27.7 Å². The maximum Gasteiger partial charge on any atom is 0.0583 e. The number of aliphatic hydroxyl groups is 1. The van der Waals surface area contributed by atoms with E-state index in [4.69, 9.17) is 5.73 Å². The molecule has 0 aliphatic heterocycles. The van der Waals surface area contributed by atoms with Crippen LogP contribution in [0.15, 0.2) is 0 Å². The van der Waals surface area contributed by atoms with Gasteiger partial charge in [0.2, 0.25) is 0 Å². The summed E-state index contributed by atoms with van der Waals surface area (Å²) in [6, 6.07) is 0. The van der Waals surface area contributed by atoms with Gasteiger partial charge in [0.05, 0.1) is 6.10 Å². The molecule has 0 aromatic carbocycles. The summed E-state index contributed by atoms with van der Waals surface area (Å²) in [6.07, 6.45) is 1.76. The molecule has 0 radical (unpaired) electrons. The highest BCUT2D eigenvalue weighted by Crippen LogP contribution is 2.19. The Hall–Kier alpha value is -0.0800. The second-order valence-electron chi connectivity index (χ2n) is 4.68. The third-order valence-electron chi connectivity index (χ3n) is 2.66. The molecule has 0 heterocycles. The Balaban J connectivity index is 3.84. The van der Waals surface area contributed by atoms with Crippen LogP contribution in [0.2, 0.25) is 0 Å². The first-order chi connectivity index (χ1) is 5.99. The molecule has 0 aromatic heterocycles. The lowest BCUT2D eigenvalue weighted by Crippen LogP contribution is -2.32. The topological polar surface area (TPSA) is 46.2 Å². The molecule has 2 nitrogen and oxygen atoms in total. The van der Waals surface area contributed by atoms with E-state index in [1.54, 1.807) is 0 Å². The zero-order chi connectivity index (χ0) is 10.4. The zero-order valence-electron chi connectivity index (χ0n) is 9.46. The summed E-state index contributed by atoms with van der Waals surface area (Å²) in [5, 5.41) is 9.85. The van der Waals surface area contributed by atoms with Crippen molar-refractivity contribution in [2.24, 2.45) is 23.5 Å². The quantitative estimate of drug-likeness (QED) is 0.668. The van der Waals surface area contributed by atoms with E-state index < -0.39 is 0 Å². The Morgan fingerprint density at radius 1 is 1.08 bits per heavy atom. The summed E-state index contributed by atoms with van der Waals surface area (Å²) in [5.74, 6) is 1.41. The highest BCUT2D eigenvalue weighted by atomic mass is 16.3. The summed E-state index contributed by atoms with van der Waals surface area (Å²) in [7, 11) is 0. The first-order valence-electron chi connectivity index (χ1n) is 5.37. The molecular weight excluding hydrogens is 162 g/mol. The third-order valence-corrected chi connectivity index (χ3v) is 2.66. The summed E-state index contributed by atoms with van der Waals surface area (Å²) in [6.45, 7) is 9.20. The summed E-state index contributed by atoms with van der Waals surface area (Å²) >= 11 is 0. The van der Waals surface area contributed by atoms with E-state index >= 15 is 0 Å². The molecule has 2 heteroatoms. The average molecular weight is 187 g/mol. The predicted molar refractivity (Wildman–Crippen MR) is 57.5 cm³/mol. The minimum atomic E-state index is -0.215. The van der Waals surface area contributed by atoms with Crippen LogP contribution in [-0.4, -0.2) is 17.8 Å². The van der Waals surface area contributed by atoms with Gasteiger partial charge in [0.25, 0.3) is 0 Å². The van der Waals surface area contributed by atoms with E-state index in [1.807, 2.05) is 0 Å². The van der Waals surface area contributed by atoms with Crippen LogP contribution in [0.25, 0.3) is 0 Å². The first kappa shape index (κ1) is 12.9. The lowest BCUT2D eigenvalue weighted by Gasteiger charge is -2.25. The minimum Gasteiger partial charge on any atom is -0.393 e. The van der Waals surface area contributed by atoms with Crippen LogP contribution in [0.5, 0.6) is 0 Å². The van der Waals surface area contributed by atoms with Crippen molar-refractivity contribution >= 4 is 0 Å². The van der Waals surface area contributed by atoms with Crippen LogP contribution < -0.4 is 5.73 Å². The molecule has 2 atom stereocenters. The van der Waals surface area contributed by atoms with Crippen molar-refractivity contribution in [3.8, 4) is 0 Å². The maximum absolute atomic E-state index is 9.85. The van der Waals surface area contributed by atoms with E-state index in [0.717, 1.165) is 12.8 Å². The monoisotopic (exact) mass is 187 g/mol. The van der Waals surface area contributed by atoms with Crippen LogP contribution in [0.1, 0.15) is 40.5 Å². The van der Waals surface area contributed by atoms with Crippen molar-refractivity contribution < 1.29 is 5.11 Å². The van der Waals surface area contributed by atoms with Gasteiger partial charge in [0.15, 0.2) is 0 Å². The normalized spacial score (nSPS) is 16.6. The molecule has 0 fully saturated rings. The number of aliphatic hydroxyl groups excluding tert-OH is 1. The van der Waals surface area contributed by atoms with E-state index in [1.165, 1.54) is 0 Å². The lowest BCUT2D eigenvalue weighted by atomic mass is 9.87. The van der Waals surface area contributed by atoms with E-state index in [0.29, 0.717) is 18.4 Å². The number of hydrogen-bond donors (Lipinski definition) is 2. The molecular formula is C11H25NO. The van der Waals surface area contributed by atoms with Crippen molar-refractivity contribution in [1.82, 2.24) is 0 Å². The van der Waals surface area contributed by atoms with Gasteiger partial charge >= 0.3 is 0 Å². The van der Waals surface area contributed by atoms with Gasteiger partial charge in [0, 0.05) is 0 Å². The minimum absolute atomic E-state index is 0.215. The van der Waals surface area contributed by atoms with Crippen molar-refractivity contribution in [2.45, 2.75) is 46.6 Å². The summed E-state index contributed by atoms with van der Waals surface area (Å²) in [5.41, 5.74) is 5.62. The molecule has 0 aromatic rings. The molecule has 13 heavy (non-hydrogen) atoms. The standard InChI is InChI=1S/C11H25NO/c1-8(2)5-6-11(13)10(7-12)9(3)4/h8-11,13H,5-7,12H2,1-4H3. The Morgan fingerprint density at radius 2 is 1.62 bits per heavy atom. The number of hydrogen-bond acceptors (Lipinski definition) is 2. The SMILES string of the molecule is CC(C)CCC(O)C(CN)C(C)C. The molecule has 0 amide bonds. The molecule has 3 N–H and O–H groups in total.